The monoisotopic (exact) mass is 518 g/mol. The van der Waals surface area contributed by atoms with Gasteiger partial charge in [-0.25, -0.2) is 4.39 Å². The molecule has 8 heteroatoms. The fraction of sp³-hybridized carbons (Fsp3) is 0.619. The number of aliphatic imine (C=N–C) groups is 1. The van der Waals surface area contributed by atoms with Crippen LogP contribution in [0.15, 0.2) is 23.2 Å². The molecular weight excluding hydrogens is 486 g/mol. The van der Waals surface area contributed by atoms with Gasteiger partial charge in [0.05, 0.1) is 12.6 Å². The van der Waals surface area contributed by atoms with Gasteiger partial charge in [0, 0.05) is 26.1 Å². The Balaban J connectivity index is 0.00000300. The number of halogens is 2. The minimum absolute atomic E-state index is 0. The average Bonchev–Trinajstić information content (AvgIpc) is 3.58. The molecule has 0 radical (unpaired) electrons. The second-order valence-corrected chi connectivity index (χ2v) is 7.75. The van der Waals surface area contributed by atoms with Crippen molar-refractivity contribution in [1.82, 2.24) is 16.0 Å². The van der Waals surface area contributed by atoms with Gasteiger partial charge >= 0.3 is 0 Å². The molecule has 6 nitrogen and oxygen atoms in total. The highest BCUT2D eigenvalue weighted by atomic mass is 127. The van der Waals surface area contributed by atoms with Crippen LogP contribution in [0.5, 0.6) is 5.75 Å². The van der Waals surface area contributed by atoms with E-state index in [1.165, 1.54) is 18.9 Å². The molecule has 1 amide bonds. The zero-order chi connectivity index (χ0) is 19.9. The smallest absolute Gasteiger partial charge is 0.220 e. The molecule has 2 fully saturated rings. The zero-order valence-corrected chi connectivity index (χ0v) is 19.5. The highest BCUT2D eigenvalue weighted by molar-refractivity contribution is 14.0. The molecule has 0 saturated heterocycles. The van der Waals surface area contributed by atoms with E-state index in [0.717, 1.165) is 24.8 Å². The molecule has 3 rings (SSSR count). The van der Waals surface area contributed by atoms with Crippen LogP contribution in [0.3, 0.4) is 0 Å². The summed E-state index contributed by atoms with van der Waals surface area (Å²) >= 11 is 0. The number of nitrogens with one attached hydrogen (secondary N) is 3. The SMILES string of the molecule is CN=C(NCCCC(=O)NC1CC1)NC(C)c1ccc(OCC2CC2)c(F)c1.I. The number of carbonyl (C=O) groups is 1. The van der Waals surface area contributed by atoms with Gasteiger partial charge < -0.3 is 20.7 Å². The summed E-state index contributed by atoms with van der Waals surface area (Å²) in [7, 11) is 1.69. The molecule has 0 heterocycles. The quantitative estimate of drug-likeness (QED) is 0.192. The maximum Gasteiger partial charge on any atom is 0.220 e. The van der Waals surface area contributed by atoms with E-state index >= 15 is 0 Å². The molecule has 1 aromatic rings. The predicted molar refractivity (Wildman–Crippen MR) is 123 cm³/mol. The Morgan fingerprint density at radius 3 is 2.69 bits per heavy atom. The Morgan fingerprint density at radius 1 is 1.31 bits per heavy atom. The predicted octanol–water partition coefficient (Wildman–Crippen LogP) is 3.52. The van der Waals surface area contributed by atoms with Gasteiger partial charge in [-0.05, 0) is 62.6 Å². The molecule has 0 bridgehead atoms. The number of ether oxygens (including phenoxy) is 1. The van der Waals surface area contributed by atoms with Crippen molar-refractivity contribution in [3.05, 3.63) is 29.6 Å². The lowest BCUT2D eigenvalue weighted by atomic mass is 10.1. The van der Waals surface area contributed by atoms with Gasteiger partial charge in [-0.15, -0.1) is 24.0 Å². The summed E-state index contributed by atoms with van der Waals surface area (Å²) in [5.74, 6) is 1.31. The van der Waals surface area contributed by atoms with Crippen LogP contribution < -0.4 is 20.7 Å². The van der Waals surface area contributed by atoms with Crippen molar-refractivity contribution in [1.29, 1.82) is 0 Å². The number of carbonyl (C=O) groups excluding carboxylic acids is 1. The number of amides is 1. The molecule has 0 spiro atoms. The third kappa shape index (κ3) is 8.36. The maximum absolute atomic E-state index is 14.3. The van der Waals surface area contributed by atoms with Crippen molar-refractivity contribution in [2.45, 2.75) is 57.5 Å². The van der Waals surface area contributed by atoms with Crippen LogP contribution in [0.2, 0.25) is 0 Å². The van der Waals surface area contributed by atoms with Crippen LogP contribution in [0.25, 0.3) is 0 Å². The Hall–Kier alpha value is -1.58. The normalized spacial score (nSPS) is 17.1. The Morgan fingerprint density at radius 2 is 2.07 bits per heavy atom. The van der Waals surface area contributed by atoms with Gasteiger partial charge in [0.1, 0.15) is 0 Å². The highest BCUT2D eigenvalue weighted by Gasteiger charge is 2.23. The van der Waals surface area contributed by atoms with Crippen LogP contribution in [0.1, 0.15) is 57.1 Å². The fourth-order valence-corrected chi connectivity index (χ4v) is 2.86. The Labute approximate surface area is 189 Å². The van der Waals surface area contributed by atoms with Crippen LogP contribution in [0.4, 0.5) is 4.39 Å². The molecule has 29 heavy (non-hydrogen) atoms. The van der Waals surface area contributed by atoms with Gasteiger partial charge in [-0.2, -0.15) is 0 Å². The number of benzene rings is 1. The average molecular weight is 518 g/mol. The molecule has 2 aliphatic carbocycles. The van der Waals surface area contributed by atoms with E-state index in [-0.39, 0.29) is 41.7 Å². The lowest BCUT2D eigenvalue weighted by Gasteiger charge is -2.19. The van der Waals surface area contributed by atoms with Crippen molar-refractivity contribution < 1.29 is 13.9 Å². The van der Waals surface area contributed by atoms with E-state index in [1.807, 2.05) is 13.0 Å². The van der Waals surface area contributed by atoms with Crippen molar-refractivity contribution in [3.8, 4) is 5.75 Å². The molecule has 1 aromatic carbocycles. The van der Waals surface area contributed by atoms with E-state index in [9.17, 15) is 9.18 Å². The van der Waals surface area contributed by atoms with E-state index in [4.69, 9.17) is 4.74 Å². The van der Waals surface area contributed by atoms with Gasteiger partial charge in [0.15, 0.2) is 17.5 Å². The summed E-state index contributed by atoms with van der Waals surface area (Å²) in [5.41, 5.74) is 0.822. The van der Waals surface area contributed by atoms with Crippen molar-refractivity contribution >= 4 is 35.8 Å². The Kier molecular flexibility index (Phi) is 9.45. The third-order valence-electron chi connectivity index (χ3n) is 5.02. The third-order valence-corrected chi connectivity index (χ3v) is 5.02. The molecule has 2 aliphatic rings. The first-order valence-corrected chi connectivity index (χ1v) is 10.2. The van der Waals surface area contributed by atoms with E-state index in [2.05, 4.69) is 20.9 Å². The van der Waals surface area contributed by atoms with Crippen molar-refractivity contribution in [3.63, 3.8) is 0 Å². The topological polar surface area (TPSA) is 74.8 Å². The van der Waals surface area contributed by atoms with Crippen LogP contribution in [-0.4, -0.2) is 38.1 Å². The number of hydrogen-bond donors (Lipinski definition) is 3. The summed E-state index contributed by atoms with van der Waals surface area (Å²) in [6.45, 7) is 3.20. The first-order chi connectivity index (χ1) is 13.5. The molecule has 1 atom stereocenters. The van der Waals surface area contributed by atoms with E-state index < -0.39 is 0 Å². The lowest BCUT2D eigenvalue weighted by molar-refractivity contribution is -0.121. The minimum atomic E-state index is -0.337. The fourth-order valence-electron chi connectivity index (χ4n) is 2.86. The summed E-state index contributed by atoms with van der Waals surface area (Å²) in [6.07, 6.45) is 5.80. The van der Waals surface area contributed by atoms with Gasteiger partial charge in [0.25, 0.3) is 0 Å². The summed E-state index contributed by atoms with van der Waals surface area (Å²) in [5, 5.41) is 9.43. The lowest BCUT2D eigenvalue weighted by Crippen LogP contribution is -2.39. The highest BCUT2D eigenvalue weighted by Crippen LogP contribution is 2.30. The Bertz CT molecular complexity index is 708. The standard InChI is InChI=1S/C21H31FN4O2.HI/c1-14(16-7-10-19(18(22)12-16)28-13-15-5-6-15)25-21(23-2)24-11-3-4-20(27)26-17-8-9-17;/h7,10,12,14-15,17H,3-6,8-9,11,13H2,1-2H3,(H,26,27)(H2,23,24,25);1H. The van der Waals surface area contributed by atoms with Gasteiger partial charge in [-0.1, -0.05) is 6.07 Å². The number of nitrogens with zero attached hydrogens (tertiary/aromatic N) is 1. The van der Waals surface area contributed by atoms with Crippen LogP contribution >= 0.6 is 24.0 Å². The number of guanidine groups is 1. The van der Waals surface area contributed by atoms with Crippen molar-refractivity contribution in [2.75, 3.05) is 20.2 Å². The van der Waals surface area contributed by atoms with Gasteiger partial charge in [0.2, 0.25) is 5.91 Å². The van der Waals surface area contributed by atoms with Gasteiger partial charge in [-0.3, -0.25) is 9.79 Å². The maximum atomic E-state index is 14.3. The molecule has 1 unspecified atom stereocenters. The first kappa shape index (κ1) is 23.7. The molecule has 2 saturated carbocycles. The van der Waals surface area contributed by atoms with Crippen LogP contribution in [-0.2, 0) is 4.79 Å². The van der Waals surface area contributed by atoms with E-state index in [1.54, 1.807) is 13.1 Å². The molecular formula is C21H32FIN4O2. The summed E-state index contributed by atoms with van der Waals surface area (Å²) in [6, 6.07) is 5.37. The second kappa shape index (κ2) is 11.6. The number of rotatable bonds is 10. The molecule has 0 aliphatic heterocycles. The van der Waals surface area contributed by atoms with Crippen LogP contribution in [0, 0.1) is 11.7 Å². The zero-order valence-electron chi connectivity index (χ0n) is 17.2. The van der Waals surface area contributed by atoms with E-state index in [0.29, 0.717) is 43.2 Å². The molecule has 0 aromatic heterocycles. The minimum Gasteiger partial charge on any atom is -0.490 e. The summed E-state index contributed by atoms with van der Waals surface area (Å²) in [4.78, 5) is 15.9. The summed E-state index contributed by atoms with van der Waals surface area (Å²) < 4.78 is 19.8. The largest absolute Gasteiger partial charge is 0.490 e. The second-order valence-electron chi connectivity index (χ2n) is 7.75. The molecule has 162 valence electrons. The van der Waals surface area contributed by atoms with Crippen molar-refractivity contribution in [2.24, 2.45) is 10.9 Å². The molecule has 3 N–H and O–H groups in total. The first-order valence-electron chi connectivity index (χ1n) is 10.2. The number of hydrogen-bond acceptors (Lipinski definition) is 3.